The summed E-state index contributed by atoms with van der Waals surface area (Å²) in [4.78, 5) is 13.2. The number of thiocarbonyl (C=S) groups is 1. The van der Waals surface area contributed by atoms with Crippen molar-refractivity contribution in [1.82, 2.24) is 15.5 Å². The highest BCUT2D eigenvalue weighted by Crippen LogP contribution is 2.11. The van der Waals surface area contributed by atoms with Crippen LogP contribution in [-0.4, -0.2) is 48.4 Å². The molecule has 0 saturated carbocycles. The number of amides is 1. The third-order valence-corrected chi connectivity index (χ3v) is 2.96. The summed E-state index contributed by atoms with van der Waals surface area (Å²) in [5.74, 6) is 0. The molecule has 1 aliphatic rings. The van der Waals surface area contributed by atoms with Gasteiger partial charge in [0.05, 0.1) is 6.61 Å². The van der Waals surface area contributed by atoms with E-state index in [1.807, 2.05) is 13.8 Å². The Bertz CT molecular complexity index is 265. The minimum Gasteiger partial charge on any atom is -0.450 e. The second kappa shape index (κ2) is 7.32. The van der Waals surface area contributed by atoms with Gasteiger partial charge in [0.1, 0.15) is 0 Å². The van der Waals surface area contributed by atoms with Crippen molar-refractivity contribution < 1.29 is 9.53 Å². The molecule has 0 aromatic carbocycles. The van der Waals surface area contributed by atoms with Gasteiger partial charge in [-0.15, -0.1) is 0 Å². The zero-order valence-electron chi connectivity index (χ0n) is 10.5. The van der Waals surface area contributed by atoms with Crippen LogP contribution in [0.1, 0.15) is 26.7 Å². The topological polar surface area (TPSA) is 53.6 Å². The van der Waals surface area contributed by atoms with Crippen molar-refractivity contribution in [2.24, 2.45) is 0 Å². The van der Waals surface area contributed by atoms with E-state index in [2.05, 4.69) is 10.6 Å². The van der Waals surface area contributed by atoms with Gasteiger partial charge in [0.2, 0.25) is 0 Å². The lowest BCUT2D eigenvalue weighted by Crippen LogP contribution is -2.49. The van der Waals surface area contributed by atoms with E-state index in [0.29, 0.717) is 17.8 Å². The molecular weight excluding hydrogens is 238 g/mol. The lowest BCUT2D eigenvalue weighted by atomic mass is 10.1. The van der Waals surface area contributed by atoms with Crippen LogP contribution in [0.25, 0.3) is 0 Å². The van der Waals surface area contributed by atoms with Crippen LogP contribution in [0.4, 0.5) is 4.79 Å². The van der Waals surface area contributed by atoms with E-state index in [-0.39, 0.29) is 6.09 Å². The van der Waals surface area contributed by atoms with Crippen molar-refractivity contribution in [3.05, 3.63) is 0 Å². The lowest BCUT2D eigenvalue weighted by Gasteiger charge is -2.32. The van der Waals surface area contributed by atoms with Crippen molar-refractivity contribution in [3.63, 3.8) is 0 Å². The molecule has 1 amide bonds. The van der Waals surface area contributed by atoms with E-state index in [9.17, 15) is 4.79 Å². The first-order chi connectivity index (χ1) is 8.17. The van der Waals surface area contributed by atoms with E-state index >= 15 is 0 Å². The molecule has 0 radical (unpaired) electrons. The molecule has 0 atom stereocenters. The highest BCUT2D eigenvalue weighted by molar-refractivity contribution is 7.80. The van der Waals surface area contributed by atoms with E-state index < -0.39 is 0 Å². The third kappa shape index (κ3) is 4.77. The summed E-state index contributed by atoms with van der Waals surface area (Å²) in [5.41, 5.74) is 0. The maximum atomic E-state index is 11.5. The van der Waals surface area contributed by atoms with Gasteiger partial charge in [-0.3, -0.25) is 0 Å². The molecule has 98 valence electrons. The standard InChI is InChI=1S/C11H21N3O2S/c1-3-12-10(17)13-9-5-7-14(8-6-9)11(15)16-4-2/h9H,3-8H2,1-2H3,(H2,12,13,17). The first-order valence-electron chi connectivity index (χ1n) is 6.13. The zero-order chi connectivity index (χ0) is 12.7. The predicted octanol–water partition coefficient (Wildman–Crippen LogP) is 1.09. The Balaban J connectivity index is 2.26. The summed E-state index contributed by atoms with van der Waals surface area (Å²) in [5, 5.41) is 7.01. The molecule has 2 N–H and O–H groups in total. The summed E-state index contributed by atoms with van der Waals surface area (Å²) < 4.78 is 4.96. The monoisotopic (exact) mass is 259 g/mol. The minimum atomic E-state index is -0.208. The first-order valence-corrected chi connectivity index (χ1v) is 6.54. The number of carbonyl (C=O) groups excluding carboxylic acids is 1. The molecule has 0 spiro atoms. The fraction of sp³-hybridized carbons (Fsp3) is 0.818. The Kier molecular flexibility index (Phi) is 6.04. The Labute approximate surface area is 108 Å². The van der Waals surface area contributed by atoms with Crippen molar-refractivity contribution in [3.8, 4) is 0 Å². The molecule has 1 saturated heterocycles. The molecule has 17 heavy (non-hydrogen) atoms. The molecule has 6 heteroatoms. The summed E-state index contributed by atoms with van der Waals surface area (Å²) in [7, 11) is 0. The van der Waals surface area contributed by atoms with Crippen LogP contribution in [0.2, 0.25) is 0 Å². The van der Waals surface area contributed by atoms with E-state index in [1.54, 1.807) is 4.90 Å². The number of nitrogens with zero attached hydrogens (tertiary/aromatic N) is 1. The van der Waals surface area contributed by atoms with Crippen LogP contribution in [0.5, 0.6) is 0 Å². The molecular formula is C11H21N3O2S. The Morgan fingerprint density at radius 2 is 2.06 bits per heavy atom. The van der Waals surface area contributed by atoms with Crippen LogP contribution < -0.4 is 10.6 Å². The average molecular weight is 259 g/mol. The Hall–Kier alpha value is -1.04. The maximum Gasteiger partial charge on any atom is 0.409 e. The van der Waals surface area contributed by atoms with Gasteiger partial charge in [-0.05, 0) is 38.9 Å². The predicted molar refractivity (Wildman–Crippen MR) is 71.0 cm³/mol. The second-order valence-corrected chi connectivity index (χ2v) is 4.37. The summed E-state index contributed by atoms with van der Waals surface area (Å²) in [6, 6.07) is 0.354. The molecule has 0 aromatic heterocycles. The van der Waals surface area contributed by atoms with Crippen molar-refractivity contribution in [1.29, 1.82) is 0 Å². The summed E-state index contributed by atoms with van der Waals surface area (Å²) in [6.07, 6.45) is 1.61. The van der Waals surface area contributed by atoms with Crippen LogP contribution in [0.3, 0.4) is 0 Å². The fourth-order valence-corrected chi connectivity index (χ4v) is 2.13. The SMILES string of the molecule is CCNC(=S)NC1CCN(C(=O)OCC)CC1. The van der Waals surface area contributed by atoms with E-state index in [0.717, 1.165) is 32.5 Å². The number of piperidine rings is 1. The van der Waals surface area contributed by atoms with Gasteiger partial charge in [0.25, 0.3) is 0 Å². The van der Waals surface area contributed by atoms with Crippen LogP contribution in [0, 0.1) is 0 Å². The fourth-order valence-electron chi connectivity index (χ4n) is 1.82. The lowest BCUT2D eigenvalue weighted by molar-refractivity contribution is 0.0963. The molecule has 1 heterocycles. The number of rotatable bonds is 3. The molecule has 1 rings (SSSR count). The quantitative estimate of drug-likeness (QED) is 0.743. The molecule has 1 fully saturated rings. The van der Waals surface area contributed by atoms with Gasteiger partial charge >= 0.3 is 6.09 Å². The summed E-state index contributed by atoms with van der Waals surface area (Å²) in [6.45, 7) is 6.55. The van der Waals surface area contributed by atoms with Crippen molar-refractivity contribution in [2.75, 3.05) is 26.2 Å². The molecule has 0 bridgehead atoms. The highest BCUT2D eigenvalue weighted by Gasteiger charge is 2.23. The van der Waals surface area contributed by atoms with Gasteiger partial charge in [-0.1, -0.05) is 0 Å². The molecule has 5 nitrogen and oxygen atoms in total. The minimum absolute atomic E-state index is 0.208. The molecule has 0 aromatic rings. The number of hydrogen-bond donors (Lipinski definition) is 2. The number of nitrogens with one attached hydrogen (secondary N) is 2. The van der Waals surface area contributed by atoms with E-state index in [4.69, 9.17) is 17.0 Å². The van der Waals surface area contributed by atoms with Gasteiger partial charge in [0, 0.05) is 25.7 Å². The zero-order valence-corrected chi connectivity index (χ0v) is 11.3. The number of carbonyl (C=O) groups is 1. The van der Waals surface area contributed by atoms with Gasteiger partial charge in [-0.2, -0.15) is 0 Å². The number of hydrogen-bond acceptors (Lipinski definition) is 3. The largest absolute Gasteiger partial charge is 0.450 e. The Morgan fingerprint density at radius 1 is 1.41 bits per heavy atom. The average Bonchev–Trinajstić information content (AvgIpc) is 2.30. The smallest absolute Gasteiger partial charge is 0.409 e. The van der Waals surface area contributed by atoms with Gasteiger partial charge < -0.3 is 20.3 Å². The van der Waals surface area contributed by atoms with Gasteiger partial charge in [-0.25, -0.2) is 4.79 Å². The van der Waals surface area contributed by atoms with Crippen LogP contribution in [-0.2, 0) is 4.74 Å². The second-order valence-electron chi connectivity index (χ2n) is 3.96. The normalized spacial score (nSPS) is 16.5. The molecule has 1 aliphatic heterocycles. The number of ether oxygens (including phenoxy) is 1. The van der Waals surface area contributed by atoms with Crippen molar-refractivity contribution >= 4 is 23.4 Å². The maximum absolute atomic E-state index is 11.5. The first kappa shape index (κ1) is 14.0. The van der Waals surface area contributed by atoms with Crippen molar-refractivity contribution in [2.45, 2.75) is 32.7 Å². The molecule has 0 aliphatic carbocycles. The summed E-state index contributed by atoms with van der Waals surface area (Å²) >= 11 is 5.13. The van der Waals surface area contributed by atoms with E-state index in [1.165, 1.54) is 0 Å². The Morgan fingerprint density at radius 3 is 2.59 bits per heavy atom. The highest BCUT2D eigenvalue weighted by atomic mass is 32.1. The van der Waals surface area contributed by atoms with Crippen LogP contribution in [0.15, 0.2) is 0 Å². The van der Waals surface area contributed by atoms with Crippen LogP contribution >= 0.6 is 12.2 Å². The number of likely N-dealkylation sites (tertiary alicyclic amines) is 1. The third-order valence-electron chi connectivity index (χ3n) is 2.69. The van der Waals surface area contributed by atoms with Gasteiger partial charge in [0.15, 0.2) is 5.11 Å². The molecule has 0 unspecified atom stereocenters.